The zero-order valence-corrected chi connectivity index (χ0v) is 19.8. The highest BCUT2D eigenvalue weighted by atomic mass is 32.1. The van der Waals surface area contributed by atoms with Gasteiger partial charge in [0, 0.05) is 28.4 Å². The first-order valence-electron chi connectivity index (χ1n) is 10.2. The number of benzene rings is 1. The number of esters is 3. The van der Waals surface area contributed by atoms with Gasteiger partial charge in [-0.05, 0) is 38.5 Å². The Morgan fingerprint density at radius 1 is 1.12 bits per heavy atom. The van der Waals surface area contributed by atoms with E-state index in [1.807, 2.05) is 18.2 Å². The van der Waals surface area contributed by atoms with Gasteiger partial charge in [0.15, 0.2) is 10.8 Å². The van der Waals surface area contributed by atoms with Crippen LogP contribution in [0.25, 0.3) is 0 Å². The lowest BCUT2D eigenvalue weighted by Gasteiger charge is -2.31. The van der Waals surface area contributed by atoms with Crippen LogP contribution in [0.15, 0.2) is 45.9 Å². The van der Waals surface area contributed by atoms with Crippen LogP contribution in [0.1, 0.15) is 42.7 Å². The fraction of sp³-hybridized carbons (Fsp3) is 0.348. The third kappa shape index (κ3) is 5.11. The predicted molar refractivity (Wildman–Crippen MR) is 124 cm³/mol. The van der Waals surface area contributed by atoms with E-state index in [2.05, 4.69) is 15.3 Å². The average molecular weight is 472 g/mol. The molecule has 1 aromatic heterocycles. The summed E-state index contributed by atoms with van der Waals surface area (Å²) in [6.07, 6.45) is 0. The molecule has 0 fully saturated rings. The topological polar surface area (TPSA) is 116 Å². The lowest BCUT2D eigenvalue weighted by atomic mass is 9.75. The van der Waals surface area contributed by atoms with Gasteiger partial charge in [0.2, 0.25) is 0 Å². The summed E-state index contributed by atoms with van der Waals surface area (Å²) in [4.78, 5) is 45.9. The van der Waals surface area contributed by atoms with E-state index in [4.69, 9.17) is 14.2 Å². The molecule has 0 saturated heterocycles. The normalized spacial score (nSPS) is 17.8. The third-order valence-electron chi connectivity index (χ3n) is 5.17. The first-order chi connectivity index (χ1) is 15.8. The fourth-order valence-electron chi connectivity index (χ4n) is 3.77. The lowest BCUT2D eigenvalue weighted by Crippen LogP contribution is -2.36. The highest BCUT2D eigenvalue weighted by Crippen LogP contribution is 2.40. The van der Waals surface area contributed by atoms with E-state index in [9.17, 15) is 14.4 Å². The Hall–Kier alpha value is -3.53. The number of rotatable bonds is 7. The smallest absolute Gasteiger partial charge is 0.357 e. The second-order valence-corrected chi connectivity index (χ2v) is 8.09. The molecule has 2 unspecified atom stereocenters. The van der Waals surface area contributed by atoms with Crippen LogP contribution in [-0.4, -0.2) is 49.4 Å². The van der Waals surface area contributed by atoms with E-state index >= 15 is 0 Å². The number of allylic oxidation sites excluding steroid dienone is 1. The lowest BCUT2D eigenvalue weighted by molar-refractivity contribution is -0.143. The number of carbonyl (C=O) groups is 3. The molecular weight excluding hydrogens is 446 g/mol. The molecule has 0 aliphatic carbocycles. The molecule has 1 aliphatic rings. The molecular formula is C23H25N3O6S. The van der Waals surface area contributed by atoms with Crippen LogP contribution in [0, 0.1) is 5.92 Å². The van der Waals surface area contributed by atoms with E-state index in [-0.39, 0.29) is 12.3 Å². The second-order valence-electron chi connectivity index (χ2n) is 7.23. The minimum atomic E-state index is -0.779. The molecule has 0 amide bonds. The summed E-state index contributed by atoms with van der Waals surface area (Å²) in [5.74, 6) is -2.96. The van der Waals surface area contributed by atoms with Crippen molar-refractivity contribution in [2.45, 2.75) is 26.7 Å². The Morgan fingerprint density at radius 2 is 1.88 bits per heavy atom. The minimum Gasteiger partial charge on any atom is -0.468 e. The molecule has 9 nitrogen and oxygen atoms in total. The van der Waals surface area contributed by atoms with Crippen molar-refractivity contribution in [2.24, 2.45) is 10.9 Å². The number of aliphatic imine (C=N–C) groups is 1. The summed E-state index contributed by atoms with van der Waals surface area (Å²) in [6, 6.07) is 7.27. The highest BCUT2D eigenvalue weighted by Gasteiger charge is 2.42. The van der Waals surface area contributed by atoms with E-state index in [0.29, 0.717) is 33.4 Å². The number of carbonyl (C=O) groups excluding carboxylic acids is 3. The van der Waals surface area contributed by atoms with Gasteiger partial charge in [-0.25, -0.2) is 14.6 Å². The minimum absolute atomic E-state index is 0.219. The zero-order chi connectivity index (χ0) is 24.1. The average Bonchev–Trinajstić information content (AvgIpc) is 3.26. The number of hydrogen-bond donors (Lipinski definition) is 1. The maximum Gasteiger partial charge on any atom is 0.357 e. The number of ether oxygens (including phenoxy) is 3. The predicted octanol–water partition coefficient (Wildman–Crippen LogP) is 3.86. The van der Waals surface area contributed by atoms with Crippen molar-refractivity contribution in [3.8, 4) is 0 Å². The number of nitrogens with zero attached hydrogens (tertiary/aromatic N) is 2. The maximum absolute atomic E-state index is 12.7. The maximum atomic E-state index is 12.7. The summed E-state index contributed by atoms with van der Waals surface area (Å²) >= 11 is 1.26. The summed E-state index contributed by atoms with van der Waals surface area (Å²) < 4.78 is 15.0. The Balaban J connectivity index is 1.99. The van der Waals surface area contributed by atoms with Crippen molar-refractivity contribution in [2.75, 3.05) is 26.1 Å². The number of anilines is 2. The van der Waals surface area contributed by atoms with Gasteiger partial charge in [0.25, 0.3) is 0 Å². The van der Waals surface area contributed by atoms with E-state index in [1.165, 1.54) is 25.6 Å². The molecule has 2 aromatic rings. The van der Waals surface area contributed by atoms with Crippen LogP contribution >= 0.6 is 11.3 Å². The molecule has 0 saturated carbocycles. The van der Waals surface area contributed by atoms with Gasteiger partial charge < -0.3 is 19.5 Å². The van der Waals surface area contributed by atoms with Gasteiger partial charge in [-0.1, -0.05) is 12.1 Å². The highest BCUT2D eigenvalue weighted by molar-refractivity contribution is 7.14. The van der Waals surface area contributed by atoms with E-state index in [0.717, 1.165) is 0 Å². The number of thiazole rings is 1. The van der Waals surface area contributed by atoms with Crippen LogP contribution in [0.4, 0.5) is 10.8 Å². The molecule has 0 spiro atoms. The zero-order valence-electron chi connectivity index (χ0n) is 19.0. The molecule has 3 rings (SSSR count). The van der Waals surface area contributed by atoms with Crippen molar-refractivity contribution in [3.05, 3.63) is 52.2 Å². The summed E-state index contributed by atoms with van der Waals surface area (Å²) in [5, 5.41) is 5.27. The first kappa shape index (κ1) is 24.1. The first-order valence-corrected chi connectivity index (χ1v) is 11.1. The van der Waals surface area contributed by atoms with Gasteiger partial charge in [-0.3, -0.25) is 9.79 Å². The number of aromatic nitrogens is 1. The third-order valence-corrected chi connectivity index (χ3v) is 5.93. The Morgan fingerprint density at radius 3 is 2.55 bits per heavy atom. The SMILES string of the molecule is CCOC(=O)c1csc(Nc2cccc(C3C(C(=O)OC)=C(C)N=C(C)C3C(=O)OC)c2)n1. The van der Waals surface area contributed by atoms with Crippen LogP contribution < -0.4 is 5.32 Å². The largest absolute Gasteiger partial charge is 0.468 e. The summed E-state index contributed by atoms with van der Waals surface area (Å²) in [6.45, 7) is 5.45. The van der Waals surface area contributed by atoms with Crippen molar-refractivity contribution in [1.29, 1.82) is 0 Å². The Bertz CT molecular complexity index is 1140. The van der Waals surface area contributed by atoms with Crippen molar-refractivity contribution in [1.82, 2.24) is 4.98 Å². The van der Waals surface area contributed by atoms with Gasteiger partial charge in [-0.2, -0.15) is 0 Å². The molecule has 2 heterocycles. The number of hydrogen-bond acceptors (Lipinski definition) is 10. The number of methoxy groups -OCH3 is 2. The molecule has 1 aromatic carbocycles. The molecule has 10 heteroatoms. The van der Waals surface area contributed by atoms with Gasteiger partial charge in [0.1, 0.15) is 5.92 Å². The van der Waals surface area contributed by atoms with E-state index < -0.39 is 29.7 Å². The van der Waals surface area contributed by atoms with Crippen LogP contribution in [-0.2, 0) is 23.8 Å². The van der Waals surface area contributed by atoms with Crippen molar-refractivity contribution in [3.63, 3.8) is 0 Å². The molecule has 33 heavy (non-hydrogen) atoms. The fourth-order valence-corrected chi connectivity index (χ4v) is 4.47. The second kappa shape index (κ2) is 10.4. The Labute approximate surface area is 195 Å². The Kier molecular flexibility index (Phi) is 7.59. The van der Waals surface area contributed by atoms with Crippen LogP contribution in [0.5, 0.6) is 0 Å². The summed E-state index contributed by atoms with van der Waals surface area (Å²) in [5.41, 5.74) is 2.93. The van der Waals surface area contributed by atoms with Crippen LogP contribution in [0.3, 0.4) is 0 Å². The molecule has 1 aliphatic heterocycles. The van der Waals surface area contributed by atoms with E-state index in [1.54, 1.807) is 32.2 Å². The molecule has 1 N–H and O–H groups in total. The standard InChI is InChI=1S/C23H25N3O6S/c1-6-32-20(27)16-11-33-23(26-16)25-15-9-7-8-14(10-15)19-17(21(28)30-4)12(2)24-13(3)18(19)22(29)31-5/h7-11,17,19H,6H2,1-5H3,(H,25,26). The molecule has 0 bridgehead atoms. The van der Waals surface area contributed by atoms with Crippen molar-refractivity contribution >= 4 is 45.8 Å². The number of nitrogens with one attached hydrogen (secondary N) is 1. The quantitative estimate of drug-likeness (QED) is 0.478. The van der Waals surface area contributed by atoms with Gasteiger partial charge in [-0.15, -0.1) is 11.3 Å². The molecule has 0 radical (unpaired) electrons. The van der Waals surface area contributed by atoms with Crippen molar-refractivity contribution < 1.29 is 28.6 Å². The van der Waals surface area contributed by atoms with Gasteiger partial charge in [0.05, 0.1) is 26.4 Å². The summed E-state index contributed by atoms with van der Waals surface area (Å²) in [7, 11) is 2.59. The van der Waals surface area contributed by atoms with Crippen LogP contribution in [0.2, 0.25) is 0 Å². The molecule has 2 atom stereocenters. The monoisotopic (exact) mass is 471 g/mol. The molecule has 174 valence electrons. The van der Waals surface area contributed by atoms with Gasteiger partial charge >= 0.3 is 17.9 Å².